The maximum Gasteiger partial charge on any atom is 0.264 e. The Balaban J connectivity index is 1.70. The Morgan fingerprint density at radius 1 is 1.00 bits per heavy atom. The summed E-state index contributed by atoms with van der Waals surface area (Å²) >= 11 is 0. The van der Waals surface area contributed by atoms with Crippen LogP contribution in [0.4, 0.5) is 0 Å². The molecule has 2 aromatic carbocycles. The lowest BCUT2D eigenvalue weighted by Gasteiger charge is -2.09. The molecule has 5 heteroatoms. The summed E-state index contributed by atoms with van der Waals surface area (Å²) < 4.78 is 16.5. The van der Waals surface area contributed by atoms with E-state index in [0.717, 1.165) is 11.1 Å². The van der Waals surface area contributed by atoms with Gasteiger partial charge < -0.3 is 14.0 Å². The van der Waals surface area contributed by atoms with Gasteiger partial charge in [-0.05, 0) is 32.0 Å². The minimum Gasteiger partial charge on any atom is -0.490 e. The molecule has 0 fully saturated rings. The van der Waals surface area contributed by atoms with Crippen LogP contribution in [0.5, 0.6) is 11.5 Å². The van der Waals surface area contributed by atoms with Crippen molar-refractivity contribution in [3.63, 3.8) is 0 Å². The predicted molar refractivity (Wildman–Crippen MR) is 86.4 cm³/mol. The first-order chi connectivity index (χ1) is 11.3. The Bertz CT molecular complexity index is 783. The first-order valence-electron chi connectivity index (χ1n) is 7.50. The Labute approximate surface area is 134 Å². The predicted octanol–water partition coefficient (Wildman–Crippen LogP) is 4.02. The van der Waals surface area contributed by atoms with Gasteiger partial charge in [-0.25, -0.2) is 0 Å². The monoisotopic (exact) mass is 310 g/mol. The van der Waals surface area contributed by atoms with E-state index in [1.54, 1.807) is 0 Å². The third-order valence-electron chi connectivity index (χ3n) is 3.24. The zero-order valence-corrected chi connectivity index (χ0v) is 13.2. The van der Waals surface area contributed by atoms with E-state index >= 15 is 0 Å². The minimum absolute atomic E-state index is 0.197. The van der Waals surface area contributed by atoms with Crippen molar-refractivity contribution in [1.82, 2.24) is 10.1 Å². The molecule has 0 N–H and O–H groups in total. The van der Waals surface area contributed by atoms with Crippen LogP contribution < -0.4 is 9.47 Å². The summed E-state index contributed by atoms with van der Waals surface area (Å²) in [4.78, 5) is 4.37. The van der Waals surface area contributed by atoms with Crippen molar-refractivity contribution >= 4 is 0 Å². The zero-order chi connectivity index (χ0) is 16.1. The van der Waals surface area contributed by atoms with Crippen molar-refractivity contribution in [3.8, 4) is 22.9 Å². The van der Waals surface area contributed by atoms with Crippen molar-refractivity contribution in [2.45, 2.75) is 20.5 Å². The third-order valence-corrected chi connectivity index (χ3v) is 3.24. The van der Waals surface area contributed by atoms with Gasteiger partial charge in [-0.1, -0.05) is 41.1 Å². The molecular formula is C18H18N2O3. The molecule has 0 aliphatic rings. The van der Waals surface area contributed by atoms with E-state index in [2.05, 4.69) is 10.1 Å². The van der Waals surface area contributed by atoms with Crippen molar-refractivity contribution in [2.75, 3.05) is 6.61 Å². The molecule has 0 saturated heterocycles. The zero-order valence-electron chi connectivity index (χ0n) is 13.2. The molecule has 3 aromatic rings. The Morgan fingerprint density at radius 2 is 1.78 bits per heavy atom. The lowest BCUT2D eigenvalue weighted by molar-refractivity contribution is 0.228. The fraction of sp³-hybridized carbons (Fsp3) is 0.222. The molecule has 23 heavy (non-hydrogen) atoms. The van der Waals surface area contributed by atoms with Gasteiger partial charge in [-0.15, -0.1) is 0 Å². The summed E-state index contributed by atoms with van der Waals surface area (Å²) in [5, 5.41) is 4.00. The molecule has 0 aliphatic heterocycles. The van der Waals surface area contributed by atoms with Gasteiger partial charge in [-0.3, -0.25) is 0 Å². The number of ether oxygens (including phenoxy) is 2. The molecule has 0 radical (unpaired) electrons. The van der Waals surface area contributed by atoms with Gasteiger partial charge in [0.1, 0.15) is 0 Å². The fourth-order valence-electron chi connectivity index (χ4n) is 2.20. The fourth-order valence-corrected chi connectivity index (χ4v) is 2.20. The minimum atomic E-state index is 0.197. The van der Waals surface area contributed by atoms with Crippen LogP contribution in [0.2, 0.25) is 0 Å². The molecule has 118 valence electrons. The molecule has 0 aliphatic carbocycles. The molecular weight excluding hydrogens is 292 g/mol. The van der Waals surface area contributed by atoms with Gasteiger partial charge in [0.15, 0.2) is 18.1 Å². The molecule has 3 rings (SSSR count). The van der Waals surface area contributed by atoms with Crippen LogP contribution in [0.15, 0.2) is 53.1 Å². The number of aromatic nitrogens is 2. The van der Waals surface area contributed by atoms with Gasteiger partial charge in [-0.2, -0.15) is 4.98 Å². The normalized spacial score (nSPS) is 10.5. The van der Waals surface area contributed by atoms with Gasteiger partial charge in [0.2, 0.25) is 5.82 Å². The van der Waals surface area contributed by atoms with E-state index < -0.39 is 0 Å². The second-order valence-corrected chi connectivity index (χ2v) is 5.05. The van der Waals surface area contributed by atoms with Crippen LogP contribution >= 0.6 is 0 Å². The molecule has 0 bridgehead atoms. The first kappa shape index (κ1) is 15.1. The molecule has 0 atom stereocenters. The maximum atomic E-state index is 5.73. The Morgan fingerprint density at radius 3 is 2.52 bits per heavy atom. The summed E-state index contributed by atoms with van der Waals surface area (Å²) in [7, 11) is 0. The summed E-state index contributed by atoms with van der Waals surface area (Å²) in [6, 6.07) is 15.5. The van der Waals surface area contributed by atoms with Crippen molar-refractivity contribution < 1.29 is 14.0 Å². The smallest absolute Gasteiger partial charge is 0.264 e. The van der Waals surface area contributed by atoms with Gasteiger partial charge in [0, 0.05) is 5.56 Å². The molecule has 5 nitrogen and oxygen atoms in total. The standard InChI is InChI=1S/C18H18N2O3/c1-3-21-15-9-4-5-10-16(15)22-12-17-19-18(20-23-17)14-8-6-7-13(2)11-14/h4-11H,3,12H2,1-2H3. The number of benzene rings is 2. The first-order valence-corrected chi connectivity index (χ1v) is 7.50. The van der Waals surface area contributed by atoms with Crippen molar-refractivity contribution in [3.05, 3.63) is 60.0 Å². The quantitative estimate of drug-likeness (QED) is 0.688. The average molecular weight is 310 g/mol. The number of hydrogen-bond donors (Lipinski definition) is 0. The maximum absolute atomic E-state index is 5.73. The number of rotatable bonds is 6. The molecule has 0 amide bonds. The van der Waals surface area contributed by atoms with E-state index in [9.17, 15) is 0 Å². The van der Waals surface area contributed by atoms with Crippen LogP contribution in [0.3, 0.4) is 0 Å². The highest BCUT2D eigenvalue weighted by atomic mass is 16.5. The Hall–Kier alpha value is -2.82. The molecule has 0 saturated carbocycles. The molecule has 0 unspecified atom stereocenters. The van der Waals surface area contributed by atoms with Crippen LogP contribution in [-0.4, -0.2) is 16.7 Å². The topological polar surface area (TPSA) is 57.4 Å². The van der Waals surface area contributed by atoms with E-state index in [1.165, 1.54) is 0 Å². The largest absolute Gasteiger partial charge is 0.490 e. The molecule has 1 aromatic heterocycles. The average Bonchev–Trinajstić information content (AvgIpc) is 3.03. The highest BCUT2D eigenvalue weighted by molar-refractivity contribution is 5.55. The second kappa shape index (κ2) is 6.96. The summed E-state index contributed by atoms with van der Waals surface area (Å²) in [5.41, 5.74) is 2.07. The van der Waals surface area contributed by atoms with E-state index in [4.69, 9.17) is 14.0 Å². The number of nitrogens with zero attached hydrogens (tertiary/aromatic N) is 2. The van der Waals surface area contributed by atoms with Gasteiger partial charge >= 0.3 is 0 Å². The molecule has 1 heterocycles. The van der Waals surface area contributed by atoms with E-state index in [0.29, 0.717) is 29.8 Å². The van der Waals surface area contributed by atoms with Crippen molar-refractivity contribution in [2.24, 2.45) is 0 Å². The van der Waals surface area contributed by atoms with Crippen molar-refractivity contribution in [1.29, 1.82) is 0 Å². The van der Waals surface area contributed by atoms with Crippen LogP contribution in [0.1, 0.15) is 18.4 Å². The van der Waals surface area contributed by atoms with Crippen LogP contribution in [0.25, 0.3) is 11.4 Å². The highest BCUT2D eigenvalue weighted by Crippen LogP contribution is 2.27. The lowest BCUT2D eigenvalue weighted by Crippen LogP contribution is -1.99. The number of para-hydroxylation sites is 2. The SMILES string of the molecule is CCOc1ccccc1OCc1nc(-c2cccc(C)c2)no1. The second-order valence-electron chi connectivity index (χ2n) is 5.05. The number of aryl methyl sites for hydroxylation is 1. The van der Waals surface area contributed by atoms with E-state index in [-0.39, 0.29) is 6.61 Å². The number of hydrogen-bond acceptors (Lipinski definition) is 5. The molecule has 0 spiro atoms. The Kier molecular flexibility index (Phi) is 4.57. The van der Waals surface area contributed by atoms with E-state index in [1.807, 2.05) is 62.4 Å². The van der Waals surface area contributed by atoms with Gasteiger partial charge in [0.25, 0.3) is 5.89 Å². The summed E-state index contributed by atoms with van der Waals surface area (Å²) in [6.45, 7) is 4.74. The van der Waals surface area contributed by atoms with Crippen LogP contribution in [-0.2, 0) is 6.61 Å². The van der Waals surface area contributed by atoms with Gasteiger partial charge in [0.05, 0.1) is 6.61 Å². The highest BCUT2D eigenvalue weighted by Gasteiger charge is 2.11. The summed E-state index contributed by atoms with van der Waals surface area (Å²) in [6.07, 6.45) is 0. The summed E-state index contributed by atoms with van der Waals surface area (Å²) in [5.74, 6) is 2.34. The van der Waals surface area contributed by atoms with Crippen LogP contribution in [0, 0.1) is 6.92 Å². The lowest BCUT2D eigenvalue weighted by atomic mass is 10.1. The third kappa shape index (κ3) is 3.69.